The lowest BCUT2D eigenvalue weighted by atomic mass is 10.1. The molecule has 21 heavy (non-hydrogen) atoms. The van der Waals surface area contributed by atoms with Gasteiger partial charge in [-0.2, -0.15) is 0 Å². The molecule has 0 amide bonds. The molecule has 4 nitrogen and oxygen atoms in total. The van der Waals surface area contributed by atoms with Crippen LogP contribution in [0.25, 0.3) is 0 Å². The van der Waals surface area contributed by atoms with Gasteiger partial charge in [0.2, 0.25) is 5.88 Å². The van der Waals surface area contributed by atoms with Crippen molar-refractivity contribution in [2.45, 2.75) is 25.4 Å². The molecule has 2 heterocycles. The van der Waals surface area contributed by atoms with E-state index in [1.807, 2.05) is 0 Å². The van der Waals surface area contributed by atoms with Gasteiger partial charge in [-0.3, -0.25) is 4.98 Å². The number of hydrogen-bond donors (Lipinski definition) is 0. The van der Waals surface area contributed by atoms with Gasteiger partial charge < -0.3 is 9.64 Å². The second kappa shape index (κ2) is 7.18. The standard InChI is InChI=1S/C17H21N3O/c1-2-4-15(5-3-1)6-11-20-12-7-16(8-13-20)21-17-14-18-9-10-19-17/h1-5,9-10,14,16H,6-8,11-13H2. The molecule has 1 fully saturated rings. The topological polar surface area (TPSA) is 38.2 Å². The van der Waals surface area contributed by atoms with E-state index in [1.165, 1.54) is 5.56 Å². The van der Waals surface area contributed by atoms with E-state index in [0.717, 1.165) is 38.9 Å². The van der Waals surface area contributed by atoms with Gasteiger partial charge in [-0.1, -0.05) is 30.3 Å². The fourth-order valence-electron chi connectivity index (χ4n) is 2.70. The Kier molecular flexibility index (Phi) is 4.79. The van der Waals surface area contributed by atoms with E-state index >= 15 is 0 Å². The first-order valence-corrected chi connectivity index (χ1v) is 7.59. The molecule has 0 radical (unpaired) electrons. The van der Waals surface area contributed by atoms with Crippen LogP contribution in [-0.4, -0.2) is 40.6 Å². The van der Waals surface area contributed by atoms with Crippen molar-refractivity contribution in [2.75, 3.05) is 19.6 Å². The van der Waals surface area contributed by atoms with Crippen molar-refractivity contribution in [3.63, 3.8) is 0 Å². The maximum absolute atomic E-state index is 5.87. The number of piperidine rings is 1. The molecule has 1 aromatic heterocycles. The SMILES string of the molecule is c1ccc(CCN2CCC(Oc3cnccn3)CC2)cc1. The van der Waals surface area contributed by atoms with Gasteiger partial charge in [0.1, 0.15) is 6.10 Å². The van der Waals surface area contributed by atoms with E-state index in [2.05, 4.69) is 45.2 Å². The van der Waals surface area contributed by atoms with Gasteiger partial charge in [0.05, 0.1) is 6.20 Å². The zero-order chi connectivity index (χ0) is 14.3. The molecule has 0 aliphatic carbocycles. The molecule has 0 unspecified atom stereocenters. The van der Waals surface area contributed by atoms with E-state index < -0.39 is 0 Å². The highest BCUT2D eigenvalue weighted by molar-refractivity contribution is 5.14. The Bertz CT molecular complexity index is 524. The number of ether oxygens (including phenoxy) is 1. The smallest absolute Gasteiger partial charge is 0.232 e. The molecule has 2 aromatic rings. The third-order valence-corrected chi connectivity index (χ3v) is 3.92. The van der Waals surface area contributed by atoms with Crippen LogP contribution in [0.1, 0.15) is 18.4 Å². The average Bonchev–Trinajstić information content (AvgIpc) is 2.56. The Balaban J connectivity index is 1.41. The van der Waals surface area contributed by atoms with Crippen LogP contribution < -0.4 is 4.74 Å². The number of likely N-dealkylation sites (tertiary alicyclic amines) is 1. The molecular formula is C17H21N3O. The molecule has 0 saturated carbocycles. The summed E-state index contributed by atoms with van der Waals surface area (Å²) in [4.78, 5) is 10.7. The van der Waals surface area contributed by atoms with E-state index in [9.17, 15) is 0 Å². The summed E-state index contributed by atoms with van der Waals surface area (Å²) in [5.74, 6) is 0.639. The summed E-state index contributed by atoms with van der Waals surface area (Å²) in [6.07, 6.45) is 8.54. The van der Waals surface area contributed by atoms with Crippen LogP contribution in [0, 0.1) is 0 Å². The minimum atomic E-state index is 0.273. The van der Waals surface area contributed by atoms with E-state index in [4.69, 9.17) is 4.74 Å². The molecule has 110 valence electrons. The Morgan fingerprint density at radius 2 is 1.90 bits per heavy atom. The third kappa shape index (κ3) is 4.26. The molecule has 4 heteroatoms. The van der Waals surface area contributed by atoms with Crippen LogP contribution in [-0.2, 0) is 6.42 Å². The first-order chi connectivity index (χ1) is 10.4. The minimum absolute atomic E-state index is 0.273. The van der Waals surface area contributed by atoms with Crippen LogP contribution in [0.5, 0.6) is 5.88 Å². The van der Waals surface area contributed by atoms with Gasteiger partial charge in [0.15, 0.2) is 0 Å². The highest BCUT2D eigenvalue weighted by Gasteiger charge is 2.20. The monoisotopic (exact) mass is 283 g/mol. The van der Waals surface area contributed by atoms with Gasteiger partial charge in [-0.05, 0) is 24.8 Å². The number of hydrogen-bond acceptors (Lipinski definition) is 4. The Morgan fingerprint density at radius 3 is 2.62 bits per heavy atom. The van der Waals surface area contributed by atoms with Crippen molar-refractivity contribution in [1.82, 2.24) is 14.9 Å². The second-order valence-electron chi connectivity index (χ2n) is 5.44. The Morgan fingerprint density at radius 1 is 1.10 bits per heavy atom. The predicted molar refractivity (Wildman–Crippen MR) is 82.3 cm³/mol. The second-order valence-corrected chi connectivity index (χ2v) is 5.44. The summed E-state index contributed by atoms with van der Waals surface area (Å²) in [5, 5.41) is 0. The first-order valence-electron chi connectivity index (χ1n) is 7.59. The maximum Gasteiger partial charge on any atom is 0.232 e. The lowest BCUT2D eigenvalue weighted by Gasteiger charge is -2.31. The van der Waals surface area contributed by atoms with Crippen molar-refractivity contribution in [2.24, 2.45) is 0 Å². The largest absolute Gasteiger partial charge is 0.473 e. The predicted octanol–water partition coefficient (Wildman–Crippen LogP) is 2.56. The maximum atomic E-state index is 5.87. The lowest BCUT2D eigenvalue weighted by Crippen LogP contribution is -2.39. The fraction of sp³-hybridized carbons (Fsp3) is 0.412. The van der Waals surface area contributed by atoms with Crippen molar-refractivity contribution in [3.05, 3.63) is 54.5 Å². The molecule has 0 spiro atoms. The Labute approximate surface area is 125 Å². The molecule has 0 N–H and O–H groups in total. The normalized spacial score (nSPS) is 16.8. The average molecular weight is 283 g/mol. The molecule has 0 atom stereocenters. The van der Waals surface area contributed by atoms with Crippen LogP contribution >= 0.6 is 0 Å². The summed E-state index contributed by atoms with van der Waals surface area (Å²) >= 11 is 0. The van der Waals surface area contributed by atoms with Crippen molar-refractivity contribution >= 4 is 0 Å². The van der Waals surface area contributed by atoms with Crippen molar-refractivity contribution in [3.8, 4) is 5.88 Å². The van der Waals surface area contributed by atoms with Crippen LogP contribution in [0.3, 0.4) is 0 Å². The van der Waals surface area contributed by atoms with E-state index in [1.54, 1.807) is 18.6 Å². The highest BCUT2D eigenvalue weighted by atomic mass is 16.5. The first kappa shape index (κ1) is 14.0. The van der Waals surface area contributed by atoms with E-state index in [-0.39, 0.29) is 6.10 Å². The zero-order valence-corrected chi connectivity index (χ0v) is 12.2. The van der Waals surface area contributed by atoms with Crippen molar-refractivity contribution in [1.29, 1.82) is 0 Å². The fourth-order valence-corrected chi connectivity index (χ4v) is 2.70. The van der Waals surface area contributed by atoms with Crippen molar-refractivity contribution < 1.29 is 4.74 Å². The van der Waals surface area contributed by atoms with Crippen LogP contribution in [0.15, 0.2) is 48.9 Å². The molecule has 1 saturated heterocycles. The lowest BCUT2D eigenvalue weighted by molar-refractivity contribution is 0.0971. The molecule has 1 aliphatic heterocycles. The molecule has 0 bridgehead atoms. The number of nitrogens with zero attached hydrogens (tertiary/aromatic N) is 3. The van der Waals surface area contributed by atoms with Gasteiger partial charge in [-0.15, -0.1) is 0 Å². The summed E-state index contributed by atoms with van der Waals surface area (Å²) in [5.41, 5.74) is 1.41. The molecular weight excluding hydrogens is 262 g/mol. The van der Waals surface area contributed by atoms with Gasteiger partial charge >= 0.3 is 0 Å². The number of benzene rings is 1. The Hall–Kier alpha value is -1.94. The summed E-state index contributed by atoms with van der Waals surface area (Å²) in [7, 11) is 0. The quantitative estimate of drug-likeness (QED) is 0.845. The molecule has 1 aliphatic rings. The summed E-state index contributed by atoms with van der Waals surface area (Å²) in [6.45, 7) is 3.32. The van der Waals surface area contributed by atoms with Crippen LogP contribution in [0.2, 0.25) is 0 Å². The number of aromatic nitrogens is 2. The van der Waals surface area contributed by atoms with Gasteiger partial charge in [0.25, 0.3) is 0 Å². The molecule has 1 aromatic carbocycles. The van der Waals surface area contributed by atoms with Gasteiger partial charge in [0, 0.05) is 32.0 Å². The van der Waals surface area contributed by atoms with Crippen LogP contribution in [0.4, 0.5) is 0 Å². The molecule has 3 rings (SSSR count). The van der Waals surface area contributed by atoms with E-state index in [0.29, 0.717) is 5.88 Å². The third-order valence-electron chi connectivity index (χ3n) is 3.92. The number of rotatable bonds is 5. The van der Waals surface area contributed by atoms with Gasteiger partial charge in [-0.25, -0.2) is 4.98 Å². The summed E-state index contributed by atoms with van der Waals surface area (Å²) in [6, 6.07) is 10.7. The highest BCUT2D eigenvalue weighted by Crippen LogP contribution is 2.16. The summed E-state index contributed by atoms with van der Waals surface area (Å²) < 4.78 is 5.87. The zero-order valence-electron chi connectivity index (χ0n) is 12.2. The minimum Gasteiger partial charge on any atom is -0.473 e.